The van der Waals surface area contributed by atoms with Crippen molar-refractivity contribution in [3.05, 3.63) is 65.6 Å². The van der Waals surface area contributed by atoms with E-state index in [1.807, 2.05) is 29.6 Å². The monoisotopic (exact) mass is 370 g/mol. The van der Waals surface area contributed by atoms with Crippen LogP contribution in [0.3, 0.4) is 0 Å². The summed E-state index contributed by atoms with van der Waals surface area (Å²) in [6, 6.07) is 15.9. The highest BCUT2D eigenvalue weighted by Gasteiger charge is 2.19. The lowest BCUT2D eigenvalue weighted by molar-refractivity contribution is 0.629. The number of hydrogen-bond donors (Lipinski definition) is 1. The Bertz CT molecular complexity index is 915. The number of aromatic nitrogens is 1. The maximum absolute atomic E-state index is 13.3. The van der Waals surface area contributed by atoms with E-state index < -0.39 is 0 Å². The predicted octanol–water partition coefficient (Wildman–Crippen LogP) is 5.46. The summed E-state index contributed by atoms with van der Waals surface area (Å²) in [6.07, 6.45) is 0.877. The third-order valence-electron chi connectivity index (χ3n) is 4.25. The molecule has 0 saturated heterocycles. The van der Waals surface area contributed by atoms with Gasteiger partial charge in [-0.1, -0.05) is 17.7 Å². The highest BCUT2D eigenvalue weighted by atomic mass is 32.2. The molecular formula is C20H19FN2S2. The van der Waals surface area contributed by atoms with Gasteiger partial charge in [-0.3, -0.25) is 4.99 Å². The van der Waals surface area contributed by atoms with Gasteiger partial charge >= 0.3 is 0 Å². The van der Waals surface area contributed by atoms with Crippen LogP contribution in [-0.2, 0) is 6.42 Å². The van der Waals surface area contributed by atoms with Crippen molar-refractivity contribution in [3.63, 3.8) is 0 Å². The highest BCUT2D eigenvalue weighted by molar-refractivity contribution is 8.16. The molecule has 5 heteroatoms. The van der Waals surface area contributed by atoms with Crippen molar-refractivity contribution in [1.82, 2.24) is 4.98 Å². The zero-order valence-electron chi connectivity index (χ0n) is 14.0. The molecule has 1 unspecified atom stereocenters. The summed E-state index contributed by atoms with van der Waals surface area (Å²) in [6.45, 7) is 2.11. The molecule has 0 fully saturated rings. The van der Waals surface area contributed by atoms with Gasteiger partial charge in [0.15, 0.2) is 0 Å². The van der Waals surface area contributed by atoms with E-state index in [0.717, 1.165) is 34.5 Å². The molecule has 0 aliphatic carbocycles. The number of benzene rings is 2. The molecule has 128 valence electrons. The van der Waals surface area contributed by atoms with Crippen molar-refractivity contribution in [3.8, 4) is 0 Å². The minimum absolute atomic E-state index is 0.203. The summed E-state index contributed by atoms with van der Waals surface area (Å²) < 4.78 is 13.3. The molecule has 25 heavy (non-hydrogen) atoms. The van der Waals surface area contributed by atoms with Crippen LogP contribution in [0.5, 0.6) is 0 Å². The zero-order chi connectivity index (χ0) is 17.2. The number of thioether (sulfide) groups is 2. The number of H-pyrrole nitrogens is 1. The van der Waals surface area contributed by atoms with Gasteiger partial charge in [-0.2, -0.15) is 0 Å². The quantitative estimate of drug-likeness (QED) is 0.604. The van der Waals surface area contributed by atoms with Gasteiger partial charge in [-0.05, 0) is 48.7 Å². The summed E-state index contributed by atoms with van der Waals surface area (Å²) in [5.74, 6) is 1.75. The van der Waals surface area contributed by atoms with Crippen LogP contribution in [0, 0.1) is 12.7 Å². The van der Waals surface area contributed by atoms with Crippen LogP contribution < -0.4 is 0 Å². The number of aromatic amines is 1. The van der Waals surface area contributed by atoms with Crippen molar-refractivity contribution >= 4 is 39.5 Å². The first-order chi connectivity index (χ1) is 12.2. The van der Waals surface area contributed by atoms with Gasteiger partial charge in [0.05, 0.1) is 11.1 Å². The van der Waals surface area contributed by atoms with Gasteiger partial charge in [0.1, 0.15) is 5.82 Å². The molecule has 2 aromatic carbocycles. The van der Waals surface area contributed by atoms with Crippen molar-refractivity contribution in [2.24, 2.45) is 4.99 Å². The minimum Gasteiger partial charge on any atom is -0.358 e. The van der Waals surface area contributed by atoms with E-state index in [1.165, 1.54) is 21.6 Å². The van der Waals surface area contributed by atoms with E-state index >= 15 is 0 Å². The summed E-state index contributed by atoms with van der Waals surface area (Å²) in [5, 5.41) is 2.28. The van der Waals surface area contributed by atoms with E-state index in [1.54, 1.807) is 6.07 Å². The normalized spacial score (nSPS) is 17.2. The molecule has 0 saturated carbocycles. The second-order valence-electron chi connectivity index (χ2n) is 6.32. The Hall–Kier alpha value is -1.72. The molecule has 0 radical (unpaired) electrons. The fraction of sp³-hybridized carbons (Fsp3) is 0.250. The number of hydrogen-bond acceptors (Lipinski definition) is 3. The van der Waals surface area contributed by atoms with Gasteiger partial charge in [-0.15, -0.1) is 23.5 Å². The number of fused-ring (bicyclic) bond motifs is 1. The van der Waals surface area contributed by atoms with Crippen LogP contribution in [0.25, 0.3) is 10.9 Å². The number of nitrogens with one attached hydrogen (secondary N) is 1. The number of nitrogens with zero attached hydrogens (tertiary/aromatic N) is 1. The lowest BCUT2D eigenvalue weighted by Crippen LogP contribution is -2.08. The van der Waals surface area contributed by atoms with Crippen LogP contribution in [0.1, 0.15) is 11.3 Å². The van der Waals surface area contributed by atoms with Crippen molar-refractivity contribution in [1.29, 1.82) is 0 Å². The van der Waals surface area contributed by atoms with E-state index in [2.05, 4.69) is 42.2 Å². The van der Waals surface area contributed by atoms with Crippen LogP contribution in [-0.4, -0.2) is 27.6 Å². The molecule has 1 atom stereocenters. The second kappa shape index (κ2) is 7.26. The Kier molecular flexibility index (Phi) is 4.86. The van der Waals surface area contributed by atoms with Crippen LogP contribution in [0.2, 0.25) is 0 Å². The fourth-order valence-corrected chi connectivity index (χ4v) is 4.96. The fourth-order valence-electron chi connectivity index (χ4n) is 2.96. The minimum atomic E-state index is -0.203. The lowest BCUT2D eigenvalue weighted by atomic mass is 10.2. The van der Waals surface area contributed by atoms with E-state index in [4.69, 9.17) is 4.99 Å². The molecule has 0 bridgehead atoms. The first kappa shape index (κ1) is 16.7. The Morgan fingerprint density at radius 3 is 2.88 bits per heavy atom. The topological polar surface area (TPSA) is 28.1 Å². The molecule has 1 aromatic heterocycles. The SMILES string of the molecule is Cc1ccc(SCC2=NC(Cc3cc4ccc(F)cc4[nH]3)CS2)cc1. The molecular weight excluding hydrogens is 351 g/mol. The standard InChI is InChI=1S/C20H19FN2S2/c1-13-2-6-18(7-3-13)24-12-20-23-17(11-25-20)10-16-8-14-4-5-15(21)9-19(14)22-16/h2-9,17,22H,10-12H2,1H3. The van der Waals surface area contributed by atoms with Gasteiger partial charge in [0.25, 0.3) is 0 Å². The van der Waals surface area contributed by atoms with Gasteiger partial charge in [-0.25, -0.2) is 4.39 Å². The maximum atomic E-state index is 13.3. The van der Waals surface area contributed by atoms with Gasteiger partial charge in [0.2, 0.25) is 0 Å². The van der Waals surface area contributed by atoms with Crippen molar-refractivity contribution in [2.75, 3.05) is 11.5 Å². The Balaban J connectivity index is 1.37. The molecule has 0 spiro atoms. The Morgan fingerprint density at radius 1 is 1.20 bits per heavy atom. The summed E-state index contributed by atoms with van der Waals surface area (Å²) in [4.78, 5) is 9.47. The molecule has 2 nitrogen and oxygen atoms in total. The average molecular weight is 371 g/mol. The predicted molar refractivity (Wildman–Crippen MR) is 108 cm³/mol. The van der Waals surface area contributed by atoms with E-state index in [9.17, 15) is 4.39 Å². The molecule has 3 aromatic rings. The number of aryl methyl sites for hydroxylation is 1. The van der Waals surface area contributed by atoms with E-state index in [-0.39, 0.29) is 5.82 Å². The molecule has 0 amide bonds. The molecule has 2 heterocycles. The molecule has 1 aliphatic heterocycles. The second-order valence-corrected chi connectivity index (χ2v) is 8.46. The molecule has 1 N–H and O–H groups in total. The van der Waals surface area contributed by atoms with Gasteiger partial charge in [0, 0.05) is 34.0 Å². The third-order valence-corrected chi connectivity index (χ3v) is 6.59. The van der Waals surface area contributed by atoms with Crippen LogP contribution in [0.15, 0.2) is 58.4 Å². The summed E-state index contributed by atoms with van der Waals surface area (Å²) in [7, 11) is 0. The highest BCUT2D eigenvalue weighted by Crippen LogP contribution is 2.27. The Morgan fingerprint density at radius 2 is 2.04 bits per heavy atom. The van der Waals surface area contributed by atoms with Crippen LogP contribution >= 0.6 is 23.5 Å². The molecule has 4 rings (SSSR count). The Labute approximate surface area is 155 Å². The third kappa shape index (κ3) is 4.10. The first-order valence-corrected chi connectivity index (χ1v) is 10.3. The largest absolute Gasteiger partial charge is 0.358 e. The summed E-state index contributed by atoms with van der Waals surface area (Å²) in [5.41, 5.74) is 3.28. The number of rotatable bonds is 5. The van der Waals surface area contributed by atoms with E-state index in [0.29, 0.717) is 6.04 Å². The number of aliphatic imine (C=N–C) groups is 1. The first-order valence-electron chi connectivity index (χ1n) is 8.32. The smallest absolute Gasteiger partial charge is 0.125 e. The lowest BCUT2D eigenvalue weighted by Gasteiger charge is -2.03. The number of halogens is 1. The summed E-state index contributed by atoms with van der Waals surface area (Å²) >= 11 is 3.70. The maximum Gasteiger partial charge on any atom is 0.125 e. The molecule has 1 aliphatic rings. The zero-order valence-corrected chi connectivity index (χ0v) is 15.6. The van der Waals surface area contributed by atoms with Gasteiger partial charge < -0.3 is 4.98 Å². The van der Waals surface area contributed by atoms with Crippen molar-refractivity contribution < 1.29 is 4.39 Å². The van der Waals surface area contributed by atoms with Crippen LogP contribution in [0.4, 0.5) is 4.39 Å². The van der Waals surface area contributed by atoms with Crippen molar-refractivity contribution in [2.45, 2.75) is 24.3 Å². The average Bonchev–Trinajstić information content (AvgIpc) is 3.20.